The molecule has 0 radical (unpaired) electrons. The molecule has 2 heterocycles. The van der Waals surface area contributed by atoms with Gasteiger partial charge in [0.25, 0.3) is 0 Å². The number of rotatable bonds is 1. The number of pyridine rings is 1. The number of nitrogen functional groups attached to an aromatic ring is 1. The molecule has 0 amide bonds. The second-order valence-corrected chi connectivity index (χ2v) is 4.08. The molecule has 2 aromatic heterocycles. The molecule has 2 N–H and O–H groups in total. The van der Waals surface area contributed by atoms with Gasteiger partial charge in [0, 0.05) is 12.4 Å². The fourth-order valence-electron chi connectivity index (χ4n) is 1.28. The summed E-state index contributed by atoms with van der Waals surface area (Å²) >= 11 is 3.16. The molecule has 0 spiro atoms. The largest absolute Gasteiger partial charge is 0.419 e. The number of nitrogens with zero attached hydrogens (tertiary/aromatic N) is 3. The van der Waals surface area contributed by atoms with Crippen molar-refractivity contribution in [2.24, 2.45) is 0 Å². The summed E-state index contributed by atoms with van der Waals surface area (Å²) in [6, 6.07) is 0. The first-order valence-electron chi connectivity index (χ1n) is 4.41. The van der Waals surface area contributed by atoms with Crippen LogP contribution in [0.25, 0.3) is 5.69 Å². The maximum absolute atomic E-state index is 12.4. The van der Waals surface area contributed by atoms with Gasteiger partial charge in [-0.2, -0.15) is 18.3 Å². The van der Waals surface area contributed by atoms with Crippen LogP contribution < -0.4 is 5.73 Å². The number of halogens is 4. The molecule has 0 atom stereocenters. The van der Waals surface area contributed by atoms with E-state index in [2.05, 4.69) is 26.0 Å². The van der Waals surface area contributed by atoms with E-state index in [-0.39, 0.29) is 5.69 Å². The summed E-state index contributed by atoms with van der Waals surface area (Å²) in [6.45, 7) is 0. The van der Waals surface area contributed by atoms with Crippen LogP contribution in [-0.4, -0.2) is 14.8 Å². The number of anilines is 1. The zero-order chi connectivity index (χ0) is 12.6. The third kappa shape index (κ3) is 2.26. The summed E-state index contributed by atoms with van der Waals surface area (Å²) in [6.07, 6.45) is -0.0368. The predicted molar refractivity (Wildman–Crippen MR) is 58.5 cm³/mol. The predicted octanol–water partition coefficient (Wildman–Crippen LogP) is 2.63. The summed E-state index contributed by atoms with van der Waals surface area (Å²) in [5.41, 5.74) is 5.37. The number of hydrogen-bond donors (Lipinski definition) is 1. The van der Waals surface area contributed by atoms with Crippen LogP contribution in [0.4, 0.5) is 18.9 Å². The van der Waals surface area contributed by atoms with Gasteiger partial charge in [-0.25, -0.2) is 4.68 Å². The summed E-state index contributed by atoms with van der Waals surface area (Å²) in [7, 11) is 0. The van der Waals surface area contributed by atoms with Gasteiger partial charge in [-0.3, -0.25) is 4.98 Å². The Morgan fingerprint density at radius 3 is 2.47 bits per heavy atom. The summed E-state index contributed by atoms with van der Waals surface area (Å²) in [5, 5.41) is 3.63. The van der Waals surface area contributed by atoms with Crippen molar-refractivity contribution in [3.8, 4) is 5.69 Å². The maximum Gasteiger partial charge on any atom is 0.419 e. The standard InChI is InChI=1S/C9H6BrF3N4/c10-6-2-15-3-7(14)8(6)17-4-5(1-16-17)9(11,12)13/h1-4H,14H2. The Morgan fingerprint density at radius 1 is 1.24 bits per heavy atom. The molecule has 90 valence electrons. The van der Waals surface area contributed by atoms with E-state index in [1.807, 2.05) is 0 Å². The Balaban J connectivity index is 2.51. The van der Waals surface area contributed by atoms with Gasteiger partial charge in [-0.1, -0.05) is 0 Å². The van der Waals surface area contributed by atoms with Crippen LogP contribution in [0.5, 0.6) is 0 Å². The van der Waals surface area contributed by atoms with Crippen molar-refractivity contribution >= 4 is 21.6 Å². The summed E-state index contributed by atoms with van der Waals surface area (Å²) in [5.74, 6) is 0. The molecular formula is C9H6BrF3N4. The van der Waals surface area contributed by atoms with Gasteiger partial charge in [0.1, 0.15) is 5.69 Å². The molecule has 8 heteroatoms. The van der Waals surface area contributed by atoms with E-state index in [0.717, 1.165) is 17.1 Å². The van der Waals surface area contributed by atoms with Gasteiger partial charge in [0.15, 0.2) is 0 Å². The average Bonchev–Trinajstić information content (AvgIpc) is 2.65. The second-order valence-electron chi connectivity index (χ2n) is 3.23. The van der Waals surface area contributed by atoms with E-state index in [1.165, 1.54) is 12.4 Å². The summed E-state index contributed by atoms with van der Waals surface area (Å²) in [4.78, 5) is 3.79. The SMILES string of the molecule is Nc1cncc(Br)c1-n1cc(C(F)(F)F)cn1. The minimum Gasteiger partial charge on any atom is -0.396 e. The Labute approximate surface area is 102 Å². The van der Waals surface area contributed by atoms with Crippen molar-refractivity contribution in [2.75, 3.05) is 5.73 Å². The van der Waals surface area contributed by atoms with Gasteiger partial charge >= 0.3 is 6.18 Å². The van der Waals surface area contributed by atoms with E-state index in [9.17, 15) is 13.2 Å². The van der Waals surface area contributed by atoms with Crippen molar-refractivity contribution in [1.29, 1.82) is 0 Å². The van der Waals surface area contributed by atoms with Crippen LogP contribution in [0.2, 0.25) is 0 Å². The van der Waals surface area contributed by atoms with Crippen molar-refractivity contribution in [3.05, 3.63) is 34.8 Å². The average molecular weight is 307 g/mol. The molecular weight excluding hydrogens is 301 g/mol. The Morgan fingerprint density at radius 2 is 1.94 bits per heavy atom. The van der Waals surface area contributed by atoms with Gasteiger partial charge in [-0.15, -0.1) is 0 Å². The lowest BCUT2D eigenvalue weighted by Crippen LogP contribution is -2.04. The van der Waals surface area contributed by atoms with Crippen molar-refractivity contribution < 1.29 is 13.2 Å². The number of hydrogen-bond acceptors (Lipinski definition) is 3. The second kappa shape index (κ2) is 4.02. The topological polar surface area (TPSA) is 56.7 Å². The summed E-state index contributed by atoms with van der Waals surface area (Å²) < 4.78 is 38.8. The third-order valence-electron chi connectivity index (χ3n) is 2.04. The van der Waals surface area contributed by atoms with Crippen molar-refractivity contribution in [2.45, 2.75) is 6.18 Å². The lowest BCUT2D eigenvalue weighted by atomic mass is 10.3. The molecule has 0 unspecified atom stereocenters. The fourth-order valence-corrected chi connectivity index (χ4v) is 1.81. The van der Waals surface area contributed by atoms with Gasteiger partial charge in [0.05, 0.1) is 28.1 Å². The first-order chi connectivity index (χ1) is 7.89. The van der Waals surface area contributed by atoms with Crippen LogP contribution in [0, 0.1) is 0 Å². The highest BCUT2D eigenvalue weighted by molar-refractivity contribution is 9.10. The van der Waals surface area contributed by atoms with Crippen LogP contribution in [0.3, 0.4) is 0 Å². The minimum absolute atomic E-state index is 0.233. The highest BCUT2D eigenvalue weighted by Gasteiger charge is 2.32. The molecule has 17 heavy (non-hydrogen) atoms. The fraction of sp³-hybridized carbons (Fsp3) is 0.111. The number of aromatic nitrogens is 3. The Bertz CT molecular complexity index is 529. The van der Waals surface area contributed by atoms with E-state index >= 15 is 0 Å². The molecule has 4 nitrogen and oxygen atoms in total. The highest BCUT2D eigenvalue weighted by atomic mass is 79.9. The molecule has 0 saturated heterocycles. The smallest absolute Gasteiger partial charge is 0.396 e. The third-order valence-corrected chi connectivity index (χ3v) is 2.62. The number of alkyl halides is 3. The molecule has 0 aliphatic rings. The van der Waals surface area contributed by atoms with Crippen LogP contribution >= 0.6 is 15.9 Å². The van der Waals surface area contributed by atoms with Crippen molar-refractivity contribution in [3.63, 3.8) is 0 Å². The van der Waals surface area contributed by atoms with Crippen LogP contribution in [-0.2, 0) is 6.18 Å². The van der Waals surface area contributed by atoms with Crippen LogP contribution in [0.15, 0.2) is 29.3 Å². The molecule has 2 aromatic rings. The van der Waals surface area contributed by atoms with Crippen LogP contribution in [0.1, 0.15) is 5.56 Å². The molecule has 0 saturated carbocycles. The maximum atomic E-state index is 12.4. The monoisotopic (exact) mass is 306 g/mol. The molecule has 0 aromatic carbocycles. The lowest BCUT2D eigenvalue weighted by Gasteiger charge is -2.07. The molecule has 0 aliphatic carbocycles. The van der Waals surface area contributed by atoms with E-state index in [1.54, 1.807) is 0 Å². The zero-order valence-corrected chi connectivity index (χ0v) is 9.83. The first-order valence-corrected chi connectivity index (χ1v) is 5.20. The Hall–Kier alpha value is -1.57. The normalized spacial score (nSPS) is 11.8. The molecule has 0 bridgehead atoms. The van der Waals surface area contributed by atoms with Gasteiger partial charge in [-0.05, 0) is 15.9 Å². The van der Waals surface area contributed by atoms with Crippen molar-refractivity contribution in [1.82, 2.24) is 14.8 Å². The van der Waals surface area contributed by atoms with E-state index in [4.69, 9.17) is 5.73 Å². The van der Waals surface area contributed by atoms with E-state index < -0.39 is 11.7 Å². The van der Waals surface area contributed by atoms with Gasteiger partial charge in [0.2, 0.25) is 0 Å². The molecule has 2 rings (SSSR count). The first kappa shape index (κ1) is 11.9. The minimum atomic E-state index is -4.42. The zero-order valence-electron chi connectivity index (χ0n) is 8.24. The van der Waals surface area contributed by atoms with Gasteiger partial charge < -0.3 is 5.73 Å². The number of nitrogens with two attached hydrogens (primary N) is 1. The quantitative estimate of drug-likeness (QED) is 0.881. The molecule has 0 fully saturated rings. The molecule has 0 aliphatic heterocycles. The lowest BCUT2D eigenvalue weighted by molar-refractivity contribution is -0.137. The van der Waals surface area contributed by atoms with E-state index in [0.29, 0.717) is 10.2 Å². The highest BCUT2D eigenvalue weighted by Crippen LogP contribution is 2.31. The Kier molecular flexibility index (Phi) is 2.82.